The summed E-state index contributed by atoms with van der Waals surface area (Å²) in [4.78, 5) is 23.4. The van der Waals surface area contributed by atoms with Crippen molar-refractivity contribution in [1.82, 2.24) is 4.72 Å². The molecule has 0 atom stereocenters. The van der Waals surface area contributed by atoms with Gasteiger partial charge in [0.2, 0.25) is 0 Å². The average Bonchev–Trinajstić information content (AvgIpc) is 2.54. The summed E-state index contributed by atoms with van der Waals surface area (Å²) >= 11 is 0. The molecule has 0 saturated carbocycles. The molecule has 126 valence electrons. The second-order valence-electron chi connectivity index (χ2n) is 4.90. The molecule has 0 aliphatic heterocycles. The Morgan fingerprint density at radius 3 is 2.42 bits per heavy atom. The van der Waals surface area contributed by atoms with Gasteiger partial charge in [-0.05, 0) is 36.8 Å². The van der Waals surface area contributed by atoms with Gasteiger partial charge >= 0.3 is 12.0 Å². The minimum Gasteiger partial charge on any atom is -0.465 e. The smallest absolute Gasteiger partial charge is 0.337 e. The van der Waals surface area contributed by atoms with Gasteiger partial charge in [0.1, 0.15) is 0 Å². The van der Waals surface area contributed by atoms with Gasteiger partial charge in [-0.3, -0.25) is 0 Å². The van der Waals surface area contributed by atoms with Crippen LogP contribution in [0.5, 0.6) is 0 Å². The number of nitrogens with one attached hydrogen (secondary N) is 2. The Hall–Kier alpha value is -2.87. The standard InChI is InChI=1S/C16H16N2O5S/c1-11-6-3-4-9-14(11)24(21,22)18-16(20)17-13-8-5-7-12(10-13)15(19)23-2/h3-10H,1-2H3,(H2,17,18,20). The zero-order valence-electron chi connectivity index (χ0n) is 13.1. The van der Waals surface area contributed by atoms with E-state index in [1.807, 2.05) is 4.72 Å². The van der Waals surface area contributed by atoms with Gasteiger partial charge in [0.05, 0.1) is 17.6 Å². The van der Waals surface area contributed by atoms with E-state index in [2.05, 4.69) is 10.1 Å². The maximum absolute atomic E-state index is 12.2. The highest BCUT2D eigenvalue weighted by molar-refractivity contribution is 7.90. The lowest BCUT2D eigenvalue weighted by Gasteiger charge is -2.10. The molecule has 2 aromatic carbocycles. The topological polar surface area (TPSA) is 102 Å². The Bertz CT molecular complexity index is 878. The number of aryl methyl sites for hydroxylation is 1. The van der Waals surface area contributed by atoms with Crippen LogP contribution in [0.3, 0.4) is 0 Å². The highest BCUT2D eigenvalue weighted by Crippen LogP contribution is 2.15. The van der Waals surface area contributed by atoms with E-state index >= 15 is 0 Å². The lowest BCUT2D eigenvalue weighted by Crippen LogP contribution is -2.34. The summed E-state index contributed by atoms with van der Waals surface area (Å²) in [6.07, 6.45) is 0. The van der Waals surface area contributed by atoms with E-state index in [-0.39, 0.29) is 16.1 Å². The third kappa shape index (κ3) is 4.11. The number of esters is 1. The second kappa shape index (κ2) is 7.14. The first-order valence-corrected chi connectivity index (χ1v) is 8.39. The second-order valence-corrected chi connectivity index (χ2v) is 6.55. The van der Waals surface area contributed by atoms with E-state index in [4.69, 9.17) is 0 Å². The van der Waals surface area contributed by atoms with E-state index in [0.29, 0.717) is 5.56 Å². The number of anilines is 1. The van der Waals surface area contributed by atoms with Crippen LogP contribution in [-0.4, -0.2) is 27.5 Å². The molecule has 2 aromatic rings. The molecule has 0 bridgehead atoms. The molecule has 0 radical (unpaired) electrons. The summed E-state index contributed by atoms with van der Waals surface area (Å²) in [6.45, 7) is 1.63. The molecule has 0 spiro atoms. The van der Waals surface area contributed by atoms with Crippen LogP contribution in [0.2, 0.25) is 0 Å². The number of urea groups is 1. The van der Waals surface area contributed by atoms with Crippen LogP contribution in [0.15, 0.2) is 53.4 Å². The molecule has 0 fully saturated rings. The molecule has 0 aliphatic rings. The Morgan fingerprint density at radius 1 is 1.04 bits per heavy atom. The maximum atomic E-state index is 12.2. The minimum absolute atomic E-state index is 0.0171. The number of benzene rings is 2. The molecule has 2 amide bonds. The van der Waals surface area contributed by atoms with Gasteiger partial charge in [-0.2, -0.15) is 0 Å². The minimum atomic E-state index is -4.00. The highest BCUT2D eigenvalue weighted by atomic mass is 32.2. The molecule has 7 nitrogen and oxygen atoms in total. The molecule has 0 saturated heterocycles. The predicted octanol–water partition coefficient (Wildman–Crippen LogP) is 2.29. The summed E-state index contributed by atoms with van der Waals surface area (Å²) in [6, 6.07) is 11.3. The van der Waals surface area contributed by atoms with E-state index in [9.17, 15) is 18.0 Å². The average molecular weight is 348 g/mol. The van der Waals surface area contributed by atoms with Crippen molar-refractivity contribution in [2.75, 3.05) is 12.4 Å². The van der Waals surface area contributed by atoms with Gasteiger partial charge in [-0.25, -0.2) is 22.7 Å². The van der Waals surface area contributed by atoms with Crippen LogP contribution < -0.4 is 10.0 Å². The lowest BCUT2D eigenvalue weighted by atomic mass is 10.2. The van der Waals surface area contributed by atoms with Crippen molar-refractivity contribution in [1.29, 1.82) is 0 Å². The van der Waals surface area contributed by atoms with Crippen LogP contribution in [0.25, 0.3) is 0 Å². The molecular weight excluding hydrogens is 332 g/mol. The Kier molecular flexibility index (Phi) is 5.20. The number of amides is 2. The van der Waals surface area contributed by atoms with Crippen LogP contribution in [-0.2, 0) is 14.8 Å². The molecule has 2 rings (SSSR count). The monoisotopic (exact) mass is 348 g/mol. The third-order valence-electron chi connectivity index (χ3n) is 3.15. The fraction of sp³-hybridized carbons (Fsp3) is 0.125. The fourth-order valence-electron chi connectivity index (χ4n) is 2.03. The Morgan fingerprint density at radius 2 is 1.75 bits per heavy atom. The molecule has 0 aliphatic carbocycles. The molecule has 0 aromatic heterocycles. The first-order chi connectivity index (χ1) is 11.3. The summed E-state index contributed by atoms with van der Waals surface area (Å²) < 4.78 is 31.0. The fourth-order valence-corrected chi connectivity index (χ4v) is 3.19. The highest BCUT2D eigenvalue weighted by Gasteiger charge is 2.19. The largest absolute Gasteiger partial charge is 0.465 e. The van der Waals surface area contributed by atoms with Crippen molar-refractivity contribution in [2.45, 2.75) is 11.8 Å². The number of sulfonamides is 1. The molecular formula is C16H16N2O5S. The Labute approximate surface area is 139 Å². The number of ether oxygens (including phenoxy) is 1. The van der Waals surface area contributed by atoms with Crippen molar-refractivity contribution in [3.63, 3.8) is 0 Å². The number of carbonyl (C=O) groups excluding carboxylic acids is 2. The summed E-state index contributed by atoms with van der Waals surface area (Å²) in [7, 11) is -2.76. The van der Waals surface area contributed by atoms with Gasteiger partial charge in [0, 0.05) is 5.69 Å². The molecule has 2 N–H and O–H groups in total. The zero-order chi connectivity index (χ0) is 17.7. The van der Waals surface area contributed by atoms with E-state index in [0.717, 1.165) is 0 Å². The lowest BCUT2D eigenvalue weighted by molar-refractivity contribution is 0.0600. The van der Waals surface area contributed by atoms with Crippen LogP contribution in [0.4, 0.5) is 10.5 Å². The zero-order valence-corrected chi connectivity index (χ0v) is 13.9. The number of rotatable bonds is 4. The van der Waals surface area contributed by atoms with Gasteiger partial charge in [0.15, 0.2) is 0 Å². The normalized spacial score (nSPS) is 10.8. The van der Waals surface area contributed by atoms with Gasteiger partial charge in [0.25, 0.3) is 10.0 Å². The van der Waals surface area contributed by atoms with Crippen molar-refractivity contribution < 1.29 is 22.7 Å². The molecule has 0 unspecified atom stereocenters. The summed E-state index contributed by atoms with van der Waals surface area (Å²) in [5.74, 6) is -0.563. The van der Waals surface area contributed by atoms with E-state index in [1.165, 1.54) is 37.4 Å². The summed E-state index contributed by atoms with van der Waals surface area (Å²) in [5.41, 5.74) is 1.01. The van der Waals surface area contributed by atoms with Crippen molar-refractivity contribution >= 4 is 27.7 Å². The van der Waals surface area contributed by atoms with Crippen molar-refractivity contribution in [3.05, 3.63) is 59.7 Å². The van der Waals surface area contributed by atoms with Crippen LogP contribution in [0, 0.1) is 6.92 Å². The van der Waals surface area contributed by atoms with E-state index < -0.39 is 22.0 Å². The first-order valence-electron chi connectivity index (χ1n) is 6.91. The van der Waals surface area contributed by atoms with E-state index in [1.54, 1.807) is 25.1 Å². The first kappa shape index (κ1) is 17.5. The van der Waals surface area contributed by atoms with Crippen molar-refractivity contribution in [2.24, 2.45) is 0 Å². The Balaban J connectivity index is 2.14. The van der Waals surface area contributed by atoms with Crippen LogP contribution >= 0.6 is 0 Å². The van der Waals surface area contributed by atoms with Gasteiger partial charge in [-0.1, -0.05) is 24.3 Å². The predicted molar refractivity (Wildman–Crippen MR) is 88.3 cm³/mol. The quantitative estimate of drug-likeness (QED) is 0.826. The molecule has 0 heterocycles. The number of carbonyl (C=O) groups is 2. The SMILES string of the molecule is COC(=O)c1cccc(NC(=O)NS(=O)(=O)c2ccccc2C)c1. The third-order valence-corrected chi connectivity index (χ3v) is 4.64. The van der Waals surface area contributed by atoms with Gasteiger partial charge in [-0.15, -0.1) is 0 Å². The number of hydrogen-bond donors (Lipinski definition) is 2. The molecule has 24 heavy (non-hydrogen) atoms. The maximum Gasteiger partial charge on any atom is 0.337 e. The van der Waals surface area contributed by atoms with Crippen molar-refractivity contribution in [3.8, 4) is 0 Å². The van der Waals surface area contributed by atoms with Crippen LogP contribution in [0.1, 0.15) is 15.9 Å². The molecule has 8 heteroatoms. The summed E-state index contributed by atoms with van der Waals surface area (Å²) in [5, 5.41) is 2.37. The van der Waals surface area contributed by atoms with Gasteiger partial charge < -0.3 is 10.1 Å². The number of methoxy groups -OCH3 is 1. The number of hydrogen-bond acceptors (Lipinski definition) is 5.